The molecule has 1 aromatic rings. The fourth-order valence-corrected chi connectivity index (χ4v) is 2.04. The molecule has 5 heteroatoms. The molecule has 0 atom stereocenters. The van der Waals surface area contributed by atoms with Crippen LogP contribution in [0.5, 0.6) is 0 Å². The third kappa shape index (κ3) is 2.50. The average Bonchev–Trinajstić information content (AvgIpc) is 2.41. The van der Waals surface area contributed by atoms with Gasteiger partial charge in [0.05, 0.1) is 11.3 Å². The Balaban J connectivity index is 2.15. The summed E-state index contributed by atoms with van der Waals surface area (Å²) >= 11 is 0. The van der Waals surface area contributed by atoms with Gasteiger partial charge in [-0.05, 0) is 19.1 Å². The Morgan fingerprint density at radius 1 is 1.39 bits per heavy atom. The molecule has 0 aliphatic carbocycles. The molecule has 1 aliphatic rings. The quantitative estimate of drug-likeness (QED) is 0.613. The van der Waals surface area contributed by atoms with Gasteiger partial charge >= 0.3 is 0 Å². The molecule has 0 unspecified atom stereocenters. The lowest BCUT2D eigenvalue weighted by molar-refractivity contribution is 0.0749. The number of piperidine rings is 1. The number of rotatable bonds is 1. The predicted octanol–water partition coefficient (Wildman–Crippen LogP) is 2.20. The number of amides is 1. The summed E-state index contributed by atoms with van der Waals surface area (Å²) in [5.74, 6) is -0.791. The number of halogens is 1. The van der Waals surface area contributed by atoms with Gasteiger partial charge in [0.2, 0.25) is 0 Å². The molecule has 1 aliphatic heterocycles. The number of carbonyl (C=O) groups excluding carboxylic acids is 1. The van der Waals surface area contributed by atoms with Crippen LogP contribution in [0.2, 0.25) is 0 Å². The summed E-state index contributed by atoms with van der Waals surface area (Å²) in [6.07, 6.45) is 1.07. The Bertz CT molecular complexity index is 490. The van der Waals surface area contributed by atoms with Crippen molar-refractivity contribution in [3.8, 4) is 0 Å². The number of oxime groups is 1. The molecule has 1 saturated heterocycles. The fourth-order valence-electron chi connectivity index (χ4n) is 2.04. The first kappa shape index (κ1) is 12.5. The maximum Gasteiger partial charge on any atom is 0.256 e. The second-order valence-electron chi connectivity index (χ2n) is 4.44. The molecule has 1 N–H and O–H groups in total. The Hall–Kier alpha value is -1.91. The van der Waals surface area contributed by atoms with Crippen LogP contribution in [0, 0.1) is 12.7 Å². The molecule has 2 rings (SSSR count). The van der Waals surface area contributed by atoms with E-state index in [4.69, 9.17) is 5.21 Å². The van der Waals surface area contributed by atoms with Crippen molar-refractivity contribution < 1.29 is 14.4 Å². The molecule has 18 heavy (non-hydrogen) atoms. The standard InChI is InChI=1S/C13H15FN2O2/c1-9-2-3-12(14)11(8-9)13(17)16-6-4-10(15-18)5-7-16/h2-3,8,18H,4-7H2,1H3. The Morgan fingerprint density at radius 2 is 2.06 bits per heavy atom. The van der Waals surface area contributed by atoms with Gasteiger partial charge in [-0.1, -0.05) is 16.8 Å². The van der Waals surface area contributed by atoms with Crippen molar-refractivity contribution in [2.24, 2.45) is 5.16 Å². The first-order chi connectivity index (χ1) is 8.61. The Kier molecular flexibility index (Phi) is 3.60. The number of hydrogen-bond donors (Lipinski definition) is 1. The monoisotopic (exact) mass is 250 g/mol. The lowest BCUT2D eigenvalue weighted by Crippen LogP contribution is -2.39. The van der Waals surface area contributed by atoms with E-state index in [1.807, 2.05) is 6.92 Å². The summed E-state index contributed by atoms with van der Waals surface area (Å²) in [4.78, 5) is 13.7. The molecule has 0 spiro atoms. The van der Waals surface area contributed by atoms with Crippen LogP contribution < -0.4 is 0 Å². The van der Waals surface area contributed by atoms with Crippen LogP contribution in [0.15, 0.2) is 23.4 Å². The van der Waals surface area contributed by atoms with Gasteiger partial charge in [0, 0.05) is 25.9 Å². The fraction of sp³-hybridized carbons (Fsp3) is 0.385. The molecule has 1 fully saturated rings. The number of carbonyl (C=O) groups is 1. The third-order valence-corrected chi connectivity index (χ3v) is 3.12. The summed E-state index contributed by atoms with van der Waals surface area (Å²) in [7, 11) is 0. The second-order valence-corrected chi connectivity index (χ2v) is 4.44. The molecular formula is C13H15FN2O2. The molecule has 96 valence electrons. The van der Waals surface area contributed by atoms with Crippen LogP contribution in [-0.4, -0.2) is 34.8 Å². The zero-order valence-electron chi connectivity index (χ0n) is 10.2. The molecule has 0 aromatic heterocycles. The highest BCUT2D eigenvalue weighted by molar-refractivity contribution is 5.96. The normalized spacial score (nSPS) is 15.7. The highest BCUT2D eigenvalue weighted by atomic mass is 19.1. The first-order valence-corrected chi connectivity index (χ1v) is 5.87. The molecule has 4 nitrogen and oxygen atoms in total. The summed E-state index contributed by atoms with van der Waals surface area (Å²) in [5, 5.41) is 11.8. The minimum atomic E-state index is -0.493. The van der Waals surface area contributed by atoms with Crippen LogP contribution >= 0.6 is 0 Å². The third-order valence-electron chi connectivity index (χ3n) is 3.12. The zero-order chi connectivity index (χ0) is 13.1. The molecule has 0 bridgehead atoms. The molecular weight excluding hydrogens is 235 g/mol. The van der Waals surface area contributed by atoms with E-state index in [1.165, 1.54) is 6.07 Å². The van der Waals surface area contributed by atoms with Crippen molar-refractivity contribution in [3.63, 3.8) is 0 Å². The van der Waals surface area contributed by atoms with E-state index in [2.05, 4.69) is 5.16 Å². The van der Waals surface area contributed by atoms with E-state index in [1.54, 1.807) is 17.0 Å². The number of likely N-dealkylation sites (tertiary alicyclic amines) is 1. The van der Waals surface area contributed by atoms with Gasteiger partial charge in [0.15, 0.2) is 0 Å². The van der Waals surface area contributed by atoms with Crippen molar-refractivity contribution in [2.75, 3.05) is 13.1 Å². The Labute approximate surface area is 105 Å². The summed E-state index contributed by atoms with van der Waals surface area (Å²) in [6, 6.07) is 4.51. The summed E-state index contributed by atoms with van der Waals surface area (Å²) in [6.45, 7) is 2.75. The zero-order valence-corrected chi connectivity index (χ0v) is 10.2. The SMILES string of the molecule is Cc1ccc(F)c(C(=O)N2CCC(=NO)CC2)c1. The topological polar surface area (TPSA) is 52.9 Å². The molecule has 1 aromatic carbocycles. The molecule has 1 heterocycles. The van der Waals surface area contributed by atoms with Gasteiger partial charge in [0.25, 0.3) is 5.91 Å². The number of aryl methyl sites for hydroxylation is 1. The molecule has 1 amide bonds. The highest BCUT2D eigenvalue weighted by Gasteiger charge is 2.23. The van der Waals surface area contributed by atoms with E-state index in [9.17, 15) is 9.18 Å². The van der Waals surface area contributed by atoms with E-state index >= 15 is 0 Å². The van der Waals surface area contributed by atoms with Crippen LogP contribution in [0.3, 0.4) is 0 Å². The van der Waals surface area contributed by atoms with Crippen LogP contribution in [0.25, 0.3) is 0 Å². The van der Waals surface area contributed by atoms with Gasteiger partial charge in [0.1, 0.15) is 5.82 Å². The van der Waals surface area contributed by atoms with Crippen molar-refractivity contribution in [1.29, 1.82) is 0 Å². The summed E-state index contributed by atoms with van der Waals surface area (Å²) in [5.41, 5.74) is 1.65. The van der Waals surface area contributed by atoms with E-state index in [0.717, 1.165) is 5.56 Å². The van der Waals surface area contributed by atoms with Crippen LogP contribution in [-0.2, 0) is 0 Å². The molecule has 0 radical (unpaired) electrons. The van der Waals surface area contributed by atoms with Gasteiger partial charge in [-0.25, -0.2) is 4.39 Å². The van der Waals surface area contributed by atoms with Crippen LogP contribution in [0.1, 0.15) is 28.8 Å². The number of hydrogen-bond acceptors (Lipinski definition) is 3. The van der Waals surface area contributed by atoms with Gasteiger partial charge in [-0.2, -0.15) is 0 Å². The number of nitrogens with zero attached hydrogens (tertiary/aromatic N) is 2. The smallest absolute Gasteiger partial charge is 0.256 e. The predicted molar refractivity (Wildman–Crippen MR) is 65.5 cm³/mol. The second kappa shape index (κ2) is 5.16. The largest absolute Gasteiger partial charge is 0.411 e. The summed E-state index contributed by atoms with van der Waals surface area (Å²) < 4.78 is 13.6. The van der Waals surface area contributed by atoms with E-state index < -0.39 is 5.82 Å². The highest BCUT2D eigenvalue weighted by Crippen LogP contribution is 2.16. The van der Waals surface area contributed by atoms with Gasteiger partial charge in [-0.3, -0.25) is 4.79 Å². The minimum Gasteiger partial charge on any atom is -0.411 e. The average molecular weight is 250 g/mol. The van der Waals surface area contributed by atoms with Crippen molar-refractivity contribution >= 4 is 11.6 Å². The van der Waals surface area contributed by atoms with E-state index in [-0.39, 0.29) is 11.5 Å². The lowest BCUT2D eigenvalue weighted by Gasteiger charge is -2.27. The van der Waals surface area contributed by atoms with E-state index in [0.29, 0.717) is 31.6 Å². The maximum absolute atomic E-state index is 13.6. The van der Waals surface area contributed by atoms with Crippen molar-refractivity contribution in [3.05, 3.63) is 35.1 Å². The number of benzene rings is 1. The van der Waals surface area contributed by atoms with Gasteiger partial charge in [-0.15, -0.1) is 0 Å². The van der Waals surface area contributed by atoms with Crippen molar-refractivity contribution in [2.45, 2.75) is 19.8 Å². The van der Waals surface area contributed by atoms with Crippen LogP contribution in [0.4, 0.5) is 4.39 Å². The lowest BCUT2D eigenvalue weighted by atomic mass is 10.1. The Morgan fingerprint density at radius 3 is 2.67 bits per heavy atom. The maximum atomic E-state index is 13.6. The van der Waals surface area contributed by atoms with Crippen molar-refractivity contribution in [1.82, 2.24) is 4.90 Å². The first-order valence-electron chi connectivity index (χ1n) is 5.87. The van der Waals surface area contributed by atoms with Gasteiger partial charge < -0.3 is 10.1 Å². The molecule has 0 saturated carbocycles. The minimum absolute atomic E-state index is 0.111.